The van der Waals surface area contributed by atoms with E-state index in [4.69, 9.17) is 4.74 Å². The van der Waals surface area contributed by atoms with E-state index in [1.165, 1.54) is 7.11 Å². The zero-order valence-corrected chi connectivity index (χ0v) is 9.81. The monoisotopic (exact) mass is 226 g/mol. The molecule has 0 radical (unpaired) electrons. The van der Waals surface area contributed by atoms with Gasteiger partial charge in [0, 0.05) is 6.54 Å². The Kier molecular flexibility index (Phi) is 5.39. The van der Waals surface area contributed by atoms with Crippen molar-refractivity contribution >= 4 is 12.3 Å². The normalized spacial score (nSPS) is 16.1. The third-order valence-electron chi connectivity index (χ3n) is 2.19. The fourth-order valence-electron chi connectivity index (χ4n) is 1.42. The van der Waals surface area contributed by atoms with Crippen LogP contribution in [0.5, 0.6) is 0 Å². The highest BCUT2D eigenvalue weighted by Gasteiger charge is 2.18. The molecule has 0 bridgehead atoms. The summed E-state index contributed by atoms with van der Waals surface area (Å²) >= 11 is 0. The van der Waals surface area contributed by atoms with Gasteiger partial charge in [0.25, 0.3) is 0 Å². The molecule has 0 saturated heterocycles. The predicted molar refractivity (Wildman–Crippen MR) is 61.4 cm³/mol. The summed E-state index contributed by atoms with van der Waals surface area (Å²) in [6, 6.07) is 0. The number of ether oxygens (including phenoxy) is 1. The first kappa shape index (κ1) is 12.5. The molecule has 0 aromatic carbocycles. The maximum Gasteiger partial charge on any atom is 0.410 e. The van der Waals surface area contributed by atoms with Crippen LogP contribution in [0.15, 0.2) is 16.8 Å². The summed E-state index contributed by atoms with van der Waals surface area (Å²) in [5.41, 5.74) is 0.974. The first-order chi connectivity index (χ1) is 7.77. The molecule has 16 heavy (non-hydrogen) atoms. The van der Waals surface area contributed by atoms with Gasteiger partial charge in [-0.3, -0.25) is 0 Å². The molecule has 5 heteroatoms. The lowest BCUT2D eigenvalue weighted by Crippen LogP contribution is -2.36. The molecule has 0 aliphatic carbocycles. The number of rotatable bonds is 4. The molecule has 0 saturated carbocycles. The Morgan fingerprint density at radius 1 is 1.69 bits per heavy atom. The quantitative estimate of drug-likeness (QED) is 0.542. The van der Waals surface area contributed by atoms with Crippen molar-refractivity contribution in [3.8, 4) is 0 Å². The fourth-order valence-corrected chi connectivity index (χ4v) is 1.42. The minimum Gasteiger partial charge on any atom is -0.449 e. The van der Waals surface area contributed by atoms with Crippen molar-refractivity contribution in [1.82, 2.24) is 4.90 Å². The number of hydrogen-bond acceptors (Lipinski definition) is 4. The van der Waals surface area contributed by atoms with Gasteiger partial charge in [-0.15, -0.1) is 0 Å². The molecule has 0 atom stereocenters. The van der Waals surface area contributed by atoms with E-state index in [-0.39, 0.29) is 6.09 Å². The van der Waals surface area contributed by atoms with Crippen LogP contribution in [0.1, 0.15) is 19.8 Å². The largest absolute Gasteiger partial charge is 0.449 e. The Morgan fingerprint density at radius 3 is 3.19 bits per heavy atom. The lowest BCUT2D eigenvalue weighted by Gasteiger charge is -2.25. The smallest absolute Gasteiger partial charge is 0.410 e. The molecule has 1 amide bonds. The van der Waals surface area contributed by atoms with Crippen molar-refractivity contribution < 1.29 is 14.4 Å². The second kappa shape index (κ2) is 6.87. The molecule has 0 aromatic heterocycles. The van der Waals surface area contributed by atoms with Gasteiger partial charge in [0.1, 0.15) is 7.11 Å². The standard InChI is InChI=1S/C11H18N2O3/c1-3-7-16-11(14)13-6-4-5-10(9-13)8-12-15-2/h5,8H,3-4,6-7,9H2,1-2H3/b12-8+. The van der Waals surface area contributed by atoms with E-state index in [0.717, 1.165) is 18.4 Å². The van der Waals surface area contributed by atoms with Crippen molar-refractivity contribution in [2.24, 2.45) is 5.16 Å². The van der Waals surface area contributed by atoms with Crippen LogP contribution in [0.25, 0.3) is 0 Å². The molecular weight excluding hydrogens is 208 g/mol. The molecule has 1 aliphatic rings. The summed E-state index contributed by atoms with van der Waals surface area (Å²) in [7, 11) is 1.49. The predicted octanol–water partition coefficient (Wildman–Crippen LogP) is 1.80. The van der Waals surface area contributed by atoms with Crippen LogP contribution in [0.4, 0.5) is 4.79 Å². The van der Waals surface area contributed by atoms with Gasteiger partial charge in [-0.1, -0.05) is 18.2 Å². The topological polar surface area (TPSA) is 51.1 Å². The van der Waals surface area contributed by atoms with Gasteiger partial charge in [0.05, 0.1) is 19.4 Å². The minimum absolute atomic E-state index is 0.252. The molecule has 90 valence electrons. The van der Waals surface area contributed by atoms with E-state index in [2.05, 4.69) is 9.99 Å². The highest BCUT2D eigenvalue weighted by Crippen LogP contribution is 2.09. The Labute approximate surface area is 95.7 Å². The lowest BCUT2D eigenvalue weighted by atomic mass is 10.1. The average Bonchev–Trinajstić information content (AvgIpc) is 2.33. The zero-order valence-electron chi connectivity index (χ0n) is 9.81. The number of hydrogen-bond donors (Lipinski definition) is 0. The van der Waals surface area contributed by atoms with Gasteiger partial charge in [-0.05, 0) is 18.4 Å². The Hall–Kier alpha value is -1.52. The van der Waals surface area contributed by atoms with Crippen molar-refractivity contribution in [3.63, 3.8) is 0 Å². The molecule has 0 fully saturated rings. The maximum atomic E-state index is 11.6. The van der Waals surface area contributed by atoms with Crippen LogP contribution in [-0.4, -0.2) is 44.0 Å². The second-order valence-electron chi connectivity index (χ2n) is 3.52. The first-order valence-electron chi connectivity index (χ1n) is 5.45. The van der Waals surface area contributed by atoms with Gasteiger partial charge in [0.2, 0.25) is 0 Å². The molecule has 0 unspecified atom stereocenters. The Morgan fingerprint density at radius 2 is 2.50 bits per heavy atom. The molecule has 0 spiro atoms. The molecule has 0 aromatic rings. The highest BCUT2D eigenvalue weighted by molar-refractivity contribution is 5.80. The average molecular weight is 226 g/mol. The van der Waals surface area contributed by atoms with Gasteiger partial charge in [-0.2, -0.15) is 0 Å². The maximum absolute atomic E-state index is 11.6. The van der Waals surface area contributed by atoms with Crippen LogP contribution in [0.3, 0.4) is 0 Å². The number of oxime groups is 1. The SMILES string of the molecule is CCCOC(=O)N1CCC=C(/C=N/OC)C1. The van der Waals surface area contributed by atoms with Crippen molar-refractivity contribution in [1.29, 1.82) is 0 Å². The van der Waals surface area contributed by atoms with E-state index >= 15 is 0 Å². The van der Waals surface area contributed by atoms with E-state index in [9.17, 15) is 4.79 Å². The first-order valence-corrected chi connectivity index (χ1v) is 5.45. The zero-order chi connectivity index (χ0) is 11.8. The van der Waals surface area contributed by atoms with E-state index in [0.29, 0.717) is 19.7 Å². The van der Waals surface area contributed by atoms with Crippen molar-refractivity contribution in [3.05, 3.63) is 11.6 Å². The third-order valence-corrected chi connectivity index (χ3v) is 2.19. The van der Waals surface area contributed by atoms with Gasteiger partial charge in [-0.25, -0.2) is 4.79 Å². The molecule has 1 rings (SSSR count). The van der Waals surface area contributed by atoms with Crippen molar-refractivity contribution in [2.45, 2.75) is 19.8 Å². The van der Waals surface area contributed by atoms with Gasteiger partial charge in [0.15, 0.2) is 0 Å². The number of carbonyl (C=O) groups excluding carboxylic acids is 1. The van der Waals surface area contributed by atoms with Crippen molar-refractivity contribution in [2.75, 3.05) is 26.8 Å². The number of nitrogens with zero attached hydrogens (tertiary/aromatic N) is 2. The van der Waals surface area contributed by atoms with Crippen LogP contribution < -0.4 is 0 Å². The summed E-state index contributed by atoms with van der Waals surface area (Å²) in [4.78, 5) is 17.8. The second-order valence-corrected chi connectivity index (χ2v) is 3.52. The van der Waals surface area contributed by atoms with Crippen LogP contribution in [0, 0.1) is 0 Å². The van der Waals surface area contributed by atoms with Crippen LogP contribution >= 0.6 is 0 Å². The lowest BCUT2D eigenvalue weighted by molar-refractivity contribution is 0.105. The summed E-state index contributed by atoms with van der Waals surface area (Å²) in [6.45, 7) is 3.68. The van der Waals surface area contributed by atoms with E-state index < -0.39 is 0 Å². The Bertz CT molecular complexity index is 287. The Balaban J connectivity index is 2.44. The number of carbonyl (C=O) groups is 1. The summed E-state index contributed by atoms with van der Waals surface area (Å²) in [5, 5.41) is 3.68. The van der Waals surface area contributed by atoms with Crippen LogP contribution in [0.2, 0.25) is 0 Å². The summed E-state index contributed by atoms with van der Waals surface area (Å²) < 4.78 is 5.07. The van der Waals surface area contributed by atoms with Crippen LogP contribution in [-0.2, 0) is 9.57 Å². The third kappa shape index (κ3) is 3.92. The molecule has 1 heterocycles. The molecule has 0 N–H and O–H groups in total. The summed E-state index contributed by atoms with van der Waals surface area (Å²) in [6.07, 6.45) is 5.09. The fraction of sp³-hybridized carbons (Fsp3) is 0.636. The van der Waals surface area contributed by atoms with E-state index in [1.807, 2.05) is 13.0 Å². The number of amides is 1. The van der Waals surface area contributed by atoms with Gasteiger partial charge >= 0.3 is 6.09 Å². The molecule has 1 aliphatic heterocycles. The summed E-state index contributed by atoms with van der Waals surface area (Å²) in [5.74, 6) is 0. The van der Waals surface area contributed by atoms with Gasteiger partial charge < -0.3 is 14.5 Å². The van der Waals surface area contributed by atoms with E-state index in [1.54, 1.807) is 11.1 Å². The highest BCUT2D eigenvalue weighted by atomic mass is 16.6. The molecule has 5 nitrogen and oxygen atoms in total. The minimum atomic E-state index is -0.252. The molecular formula is C11H18N2O3.